The van der Waals surface area contributed by atoms with Crippen LogP contribution in [0.5, 0.6) is 0 Å². The molecule has 0 spiro atoms. The molecule has 0 aliphatic heterocycles. The number of rotatable bonds is 5. The summed E-state index contributed by atoms with van der Waals surface area (Å²) >= 11 is 0. The number of carboxylic acids is 1. The highest BCUT2D eigenvalue weighted by atomic mass is 16.6. The van der Waals surface area contributed by atoms with Gasteiger partial charge in [0.05, 0.1) is 21.9 Å². The van der Waals surface area contributed by atoms with Crippen molar-refractivity contribution in [3.05, 3.63) is 87.2 Å². The molecule has 0 fully saturated rings. The molecule has 0 bridgehead atoms. The molecule has 0 radical (unpaired) electrons. The van der Waals surface area contributed by atoms with Crippen molar-refractivity contribution in [2.45, 2.75) is 13.8 Å². The smallest absolute Gasteiger partial charge is 0.337 e. The molecule has 0 atom stereocenters. The molecule has 0 saturated heterocycles. The fourth-order valence-corrected chi connectivity index (χ4v) is 2.94. The van der Waals surface area contributed by atoms with Gasteiger partial charge in [0.2, 0.25) is 0 Å². The van der Waals surface area contributed by atoms with Crippen molar-refractivity contribution in [2.75, 3.05) is 0 Å². The number of nitro groups is 1. The van der Waals surface area contributed by atoms with E-state index in [9.17, 15) is 20.0 Å². The van der Waals surface area contributed by atoms with Crippen LogP contribution in [0.2, 0.25) is 0 Å². The predicted octanol–water partition coefficient (Wildman–Crippen LogP) is 4.45. The van der Waals surface area contributed by atoms with Crippen LogP contribution in [-0.2, 0) is 0 Å². The van der Waals surface area contributed by atoms with Crippen LogP contribution >= 0.6 is 0 Å². The number of nitro benzene ring substituents is 1. The third-order valence-corrected chi connectivity index (χ3v) is 4.26. The quantitative estimate of drug-likeness (QED) is 0.411. The maximum Gasteiger partial charge on any atom is 0.337 e. The van der Waals surface area contributed by atoms with Gasteiger partial charge in [-0.05, 0) is 44.2 Å². The molecule has 0 aliphatic rings. The minimum atomic E-state index is -0.987. The summed E-state index contributed by atoms with van der Waals surface area (Å²) < 4.78 is 1.88. The van der Waals surface area contributed by atoms with Gasteiger partial charge in [-0.25, -0.2) is 4.79 Å². The van der Waals surface area contributed by atoms with Gasteiger partial charge in [0.15, 0.2) is 0 Å². The number of aromatic carboxylic acids is 1. The number of para-hydroxylation sites is 1. The Hall–Kier alpha value is -3.74. The predicted molar refractivity (Wildman–Crippen MR) is 103 cm³/mol. The van der Waals surface area contributed by atoms with E-state index in [1.165, 1.54) is 12.1 Å². The van der Waals surface area contributed by atoms with Crippen molar-refractivity contribution in [1.29, 1.82) is 0 Å². The second-order valence-electron chi connectivity index (χ2n) is 6.02. The van der Waals surface area contributed by atoms with E-state index in [1.54, 1.807) is 42.6 Å². The van der Waals surface area contributed by atoms with Crippen LogP contribution in [-0.4, -0.2) is 26.8 Å². The summed E-state index contributed by atoms with van der Waals surface area (Å²) in [7, 11) is 0. The molecule has 2 aromatic carbocycles. The highest BCUT2D eigenvalue weighted by molar-refractivity contribution is 5.92. The number of hydrogen-bond acceptors (Lipinski definition) is 4. The molecule has 3 rings (SSSR count). The maximum atomic E-state index is 11.5. The van der Waals surface area contributed by atoms with Crippen LogP contribution in [0.3, 0.4) is 0 Å². The monoisotopic (exact) mass is 363 g/mol. The van der Waals surface area contributed by atoms with Gasteiger partial charge in [-0.1, -0.05) is 12.1 Å². The van der Waals surface area contributed by atoms with Gasteiger partial charge >= 0.3 is 5.97 Å². The summed E-state index contributed by atoms with van der Waals surface area (Å²) in [6.07, 6.45) is 1.67. The number of nitrogens with zero attached hydrogens (tertiary/aromatic N) is 3. The fourth-order valence-electron chi connectivity index (χ4n) is 2.94. The van der Waals surface area contributed by atoms with Crippen LogP contribution < -0.4 is 0 Å². The van der Waals surface area contributed by atoms with Gasteiger partial charge in [0.1, 0.15) is 0 Å². The minimum Gasteiger partial charge on any atom is -0.478 e. The summed E-state index contributed by atoms with van der Waals surface area (Å²) in [4.78, 5) is 26.1. The molecule has 27 heavy (non-hydrogen) atoms. The Labute approximate surface area is 155 Å². The zero-order valence-corrected chi connectivity index (χ0v) is 14.8. The van der Waals surface area contributed by atoms with E-state index in [0.717, 1.165) is 17.0 Å². The fraction of sp³-hybridized carbons (Fsp3) is 0.100. The first-order valence-electron chi connectivity index (χ1n) is 8.18. The summed E-state index contributed by atoms with van der Waals surface area (Å²) in [5, 5.41) is 20.2. The van der Waals surface area contributed by atoms with Gasteiger partial charge in [-0.3, -0.25) is 15.1 Å². The van der Waals surface area contributed by atoms with Crippen LogP contribution in [0.1, 0.15) is 27.3 Å². The van der Waals surface area contributed by atoms with Gasteiger partial charge in [0.25, 0.3) is 5.69 Å². The summed E-state index contributed by atoms with van der Waals surface area (Å²) in [6.45, 7) is 3.79. The lowest BCUT2D eigenvalue weighted by Crippen LogP contribution is -2.07. The lowest BCUT2D eigenvalue weighted by Gasteiger charge is -2.12. The molecular weight excluding hydrogens is 346 g/mol. The molecule has 0 unspecified atom stereocenters. The Morgan fingerprint density at radius 1 is 1.15 bits per heavy atom. The average Bonchev–Trinajstić information content (AvgIpc) is 2.93. The van der Waals surface area contributed by atoms with E-state index >= 15 is 0 Å². The standard InChI is InChI=1S/C20H17N3O4/c1-13-11-15(12-21-16-7-9-17(10-8-16)23(26)27)14(2)22(13)19-6-4-3-5-18(19)20(24)25/h3-12H,1-2H3,(H,24,25). The Morgan fingerprint density at radius 3 is 2.44 bits per heavy atom. The van der Waals surface area contributed by atoms with Crippen LogP contribution in [0.25, 0.3) is 5.69 Å². The first-order chi connectivity index (χ1) is 12.9. The first kappa shape index (κ1) is 18.1. The zero-order valence-electron chi connectivity index (χ0n) is 14.8. The number of aromatic nitrogens is 1. The molecule has 0 saturated carbocycles. The molecule has 1 N–H and O–H groups in total. The summed E-state index contributed by atoms with van der Waals surface area (Å²) in [5.74, 6) is -0.987. The number of aryl methyl sites for hydroxylation is 1. The number of carboxylic acid groups (broad SMARTS) is 1. The Morgan fingerprint density at radius 2 is 1.81 bits per heavy atom. The van der Waals surface area contributed by atoms with Crippen molar-refractivity contribution >= 4 is 23.6 Å². The van der Waals surface area contributed by atoms with E-state index in [-0.39, 0.29) is 11.3 Å². The van der Waals surface area contributed by atoms with Crippen LogP contribution in [0.4, 0.5) is 11.4 Å². The second kappa shape index (κ2) is 7.25. The average molecular weight is 363 g/mol. The Bertz CT molecular complexity index is 1050. The SMILES string of the molecule is Cc1cc(C=Nc2ccc([N+](=O)[O-])cc2)c(C)n1-c1ccccc1C(=O)O. The maximum absolute atomic E-state index is 11.5. The van der Waals surface area contributed by atoms with Gasteiger partial charge in [-0.15, -0.1) is 0 Å². The van der Waals surface area contributed by atoms with Crippen molar-refractivity contribution in [3.63, 3.8) is 0 Å². The summed E-state index contributed by atoms with van der Waals surface area (Å²) in [5.41, 5.74) is 3.99. The normalized spacial score (nSPS) is 11.0. The molecular formula is C20H17N3O4. The van der Waals surface area contributed by atoms with E-state index in [0.29, 0.717) is 11.4 Å². The largest absolute Gasteiger partial charge is 0.478 e. The van der Waals surface area contributed by atoms with Crippen molar-refractivity contribution in [3.8, 4) is 5.69 Å². The number of aliphatic imine (C=N–C) groups is 1. The van der Waals surface area contributed by atoms with Crippen molar-refractivity contribution in [2.24, 2.45) is 4.99 Å². The lowest BCUT2D eigenvalue weighted by atomic mass is 10.1. The summed E-state index contributed by atoms with van der Waals surface area (Å²) in [6, 6.07) is 14.7. The molecule has 1 aromatic heterocycles. The van der Waals surface area contributed by atoms with Crippen molar-refractivity contribution in [1.82, 2.24) is 4.57 Å². The first-order valence-corrected chi connectivity index (χ1v) is 8.18. The van der Waals surface area contributed by atoms with Crippen LogP contribution in [0.15, 0.2) is 59.6 Å². The molecule has 136 valence electrons. The molecule has 0 amide bonds. The zero-order chi connectivity index (χ0) is 19.6. The number of carbonyl (C=O) groups is 1. The minimum absolute atomic E-state index is 0.0115. The van der Waals surface area contributed by atoms with E-state index in [1.807, 2.05) is 24.5 Å². The van der Waals surface area contributed by atoms with E-state index in [2.05, 4.69) is 4.99 Å². The van der Waals surface area contributed by atoms with Crippen LogP contribution in [0, 0.1) is 24.0 Å². The molecule has 7 heteroatoms. The van der Waals surface area contributed by atoms with Gasteiger partial charge in [-0.2, -0.15) is 0 Å². The Kier molecular flexibility index (Phi) is 4.85. The second-order valence-corrected chi connectivity index (χ2v) is 6.02. The number of benzene rings is 2. The Balaban J connectivity index is 1.97. The van der Waals surface area contributed by atoms with E-state index in [4.69, 9.17) is 0 Å². The number of hydrogen-bond donors (Lipinski definition) is 1. The number of non-ortho nitro benzene ring substituents is 1. The topological polar surface area (TPSA) is 97.7 Å². The third kappa shape index (κ3) is 3.62. The third-order valence-electron chi connectivity index (χ3n) is 4.26. The lowest BCUT2D eigenvalue weighted by molar-refractivity contribution is -0.384. The molecule has 3 aromatic rings. The molecule has 1 heterocycles. The van der Waals surface area contributed by atoms with E-state index < -0.39 is 10.9 Å². The van der Waals surface area contributed by atoms with Gasteiger partial charge in [0, 0.05) is 35.3 Å². The van der Waals surface area contributed by atoms with Gasteiger partial charge < -0.3 is 9.67 Å². The highest BCUT2D eigenvalue weighted by Gasteiger charge is 2.15. The molecule has 7 nitrogen and oxygen atoms in total. The highest BCUT2D eigenvalue weighted by Crippen LogP contribution is 2.24. The molecule has 0 aliphatic carbocycles. The van der Waals surface area contributed by atoms with Crippen molar-refractivity contribution < 1.29 is 14.8 Å².